The molecule has 0 saturated carbocycles. The molecule has 3 rings (SSSR count). The van der Waals surface area contributed by atoms with Crippen LogP contribution in [0.4, 0.5) is 4.39 Å². The van der Waals surface area contributed by atoms with Crippen LogP contribution in [0, 0.1) is 5.82 Å². The lowest BCUT2D eigenvalue weighted by Crippen LogP contribution is -2.23. The van der Waals surface area contributed by atoms with Gasteiger partial charge in [-0.3, -0.25) is 4.79 Å². The first-order chi connectivity index (χ1) is 13.3. The highest BCUT2D eigenvalue weighted by atomic mass is 32.2. The molecule has 3 aromatic rings. The predicted octanol–water partition coefficient (Wildman–Crippen LogP) is 2.98. The average molecular weight is 402 g/mol. The van der Waals surface area contributed by atoms with Gasteiger partial charge in [-0.1, -0.05) is 24.3 Å². The molecule has 8 heteroatoms. The summed E-state index contributed by atoms with van der Waals surface area (Å²) in [6.07, 6.45) is 0.538. The third-order valence-electron chi connectivity index (χ3n) is 4.12. The lowest BCUT2D eigenvalue weighted by molar-refractivity contribution is -0.121. The van der Waals surface area contributed by atoms with Crippen molar-refractivity contribution in [3.05, 3.63) is 77.8 Å². The normalized spacial score (nSPS) is 11.4. The fourth-order valence-corrected chi connectivity index (χ4v) is 3.26. The molecule has 146 valence electrons. The van der Waals surface area contributed by atoms with Crippen LogP contribution >= 0.6 is 0 Å². The van der Waals surface area contributed by atoms with E-state index in [-0.39, 0.29) is 29.6 Å². The maximum absolute atomic E-state index is 13.8. The van der Waals surface area contributed by atoms with E-state index in [1.54, 1.807) is 42.5 Å². The van der Waals surface area contributed by atoms with Crippen molar-refractivity contribution in [2.75, 3.05) is 0 Å². The molecule has 28 heavy (non-hydrogen) atoms. The number of nitrogens with one attached hydrogen (secondary N) is 1. The standard InChI is InChI=1S/C20H19FN2O4S/c21-18-7-2-1-6-17(18)19-10-8-15(27-19)9-11-20(24)23-13-14-4-3-5-16(12-14)28(22,25)26/h1-8,10,12H,9,11,13H2,(H,23,24)(H2,22,25,26). The van der Waals surface area contributed by atoms with E-state index in [0.29, 0.717) is 29.1 Å². The molecule has 3 N–H and O–H groups in total. The van der Waals surface area contributed by atoms with Crippen molar-refractivity contribution in [3.8, 4) is 11.3 Å². The van der Waals surface area contributed by atoms with Crippen molar-refractivity contribution in [1.29, 1.82) is 0 Å². The fraction of sp³-hybridized carbons (Fsp3) is 0.150. The first-order valence-electron chi connectivity index (χ1n) is 8.55. The molecular weight excluding hydrogens is 383 g/mol. The van der Waals surface area contributed by atoms with E-state index in [0.717, 1.165) is 0 Å². The van der Waals surface area contributed by atoms with Crippen LogP contribution in [0.15, 0.2) is 70.0 Å². The largest absolute Gasteiger partial charge is 0.461 e. The molecule has 6 nitrogen and oxygen atoms in total. The number of nitrogens with two attached hydrogens (primary N) is 1. The molecule has 1 amide bonds. The second kappa shape index (κ2) is 8.37. The van der Waals surface area contributed by atoms with Gasteiger partial charge in [0.2, 0.25) is 15.9 Å². The van der Waals surface area contributed by atoms with Gasteiger partial charge in [-0.25, -0.2) is 17.9 Å². The summed E-state index contributed by atoms with van der Waals surface area (Å²) in [5.41, 5.74) is 0.993. The van der Waals surface area contributed by atoms with Gasteiger partial charge in [0.05, 0.1) is 10.5 Å². The van der Waals surface area contributed by atoms with Crippen LogP contribution in [0.2, 0.25) is 0 Å². The molecule has 0 spiro atoms. The third-order valence-corrected chi connectivity index (χ3v) is 5.03. The van der Waals surface area contributed by atoms with Gasteiger partial charge in [0.25, 0.3) is 0 Å². The van der Waals surface area contributed by atoms with E-state index in [1.165, 1.54) is 18.2 Å². The fourth-order valence-electron chi connectivity index (χ4n) is 2.68. The van der Waals surface area contributed by atoms with E-state index in [9.17, 15) is 17.6 Å². The van der Waals surface area contributed by atoms with Crippen molar-refractivity contribution in [2.45, 2.75) is 24.3 Å². The molecule has 0 bridgehead atoms. The van der Waals surface area contributed by atoms with E-state index in [1.807, 2.05) is 0 Å². The van der Waals surface area contributed by atoms with Crippen LogP contribution in [0.3, 0.4) is 0 Å². The molecule has 0 saturated heterocycles. The second-order valence-electron chi connectivity index (χ2n) is 6.21. The highest BCUT2D eigenvalue weighted by Gasteiger charge is 2.11. The van der Waals surface area contributed by atoms with Crippen LogP contribution < -0.4 is 10.5 Å². The van der Waals surface area contributed by atoms with Gasteiger partial charge in [-0.15, -0.1) is 0 Å². The molecular formula is C20H19FN2O4S. The number of hydrogen-bond acceptors (Lipinski definition) is 4. The van der Waals surface area contributed by atoms with Crippen molar-refractivity contribution < 1.29 is 22.0 Å². The molecule has 0 radical (unpaired) electrons. The second-order valence-corrected chi connectivity index (χ2v) is 7.78. The van der Waals surface area contributed by atoms with Crippen LogP contribution in [0.5, 0.6) is 0 Å². The lowest BCUT2D eigenvalue weighted by Gasteiger charge is -2.06. The number of sulfonamides is 1. The Morgan fingerprint density at radius 3 is 2.61 bits per heavy atom. The highest BCUT2D eigenvalue weighted by Crippen LogP contribution is 2.25. The number of carbonyl (C=O) groups excluding carboxylic acids is 1. The molecule has 2 aromatic carbocycles. The summed E-state index contributed by atoms with van der Waals surface area (Å²) >= 11 is 0. The number of amides is 1. The number of carbonyl (C=O) groups is 1. The molecule has 0 atom stereocenters. The molecule has 0 unspecified atom stereocenters. The Hall–Kier alpha value is -2.97. The number of benzene rings is 2. The quantitative estimate of drug-likeness (QED) is 0.634. The van der Waals surface area contributed by atoms with Crippen LogP contribution in [-0.4, -0.2) is 14.3 Å². The number of halogens is 1. The maximum Gasteiger partial charge on any atom is 0.238 e. The third kappa shape index (κ3) is 5.05. The Labute approximate surface area is 162 Å². The van der Waals surface area contributed by atoms with Crippen molar-refractivity contribution >= 4 is 15.9 Å². The Bertz CT molecular complexity index is 1090. The zero-order chi connectivity index (χ0) is 20.1. The summed E-state index contributed by atoms with van der Waals surface area (Å²) in [6, 6.07) is 15.8. The van der Waals surface area contributed by atoms with Gasteiger partial charge in [-0.2, -0.15) is 0 Å². The number of primary sulfonamides is 1. The Morgan fingerprint density at radius 1 is 1.07 bits per heavy atom. The lowest BCUT2D eigenvalue weighted by atomic mass is 10.1. The highest BCUT2D eigenvalue weighted by molar-refractivity contribution is 7.89. The number of aryl methyl sites for hydroxylation is 1. The first-order valence-corrected chi connectivity index (χ1v) is 10.1. The van der Waals surface area contributed by atoms with Crippen LogP contribution in [-0.2, 0) is 27.8 Å². The number of furan rings is 1. The smallest absolute Gasteiger partial charge is 0.238 e. The van der Waals surface area contributed by atoms with Gasteiger partial charge >= 0.3 is 0 Å². The van der Waals surface area contributed by atoms with E-state index < -0.39 is 10.0 Å². The maximum atomic E-state index is 13.8. The van der Waals surface area contributed by atoms with Gasteiger partial charge in [-0.05, 0) is 42.0 Å². The molecule has 1 aromatic heterocycles. The van der Waals surface area contributed by atoms with Gasteiger partial charge < -0.3 is 9.73 Å². The van der Waals surface area contributed by atoms with Gasteiger partial charge in [0, 0.05) is 19.4 Å². The molecule has 0 aliphatic heterocycles. The first kappa shape index (κ1) is 19.8. The average Bonchev–Trinajstić information content (AvgIpc) is 3.13. The summed E-state index contributed by atoms with van der Waals surface area (Å²) < 4.78 is 42.1. The monoisotopic (exact) mass is 402 g/mol. The SMILES string of the molecule is NS(=O)(=O)c1cccc(CNC(=O)CCc2ccc(-c3ccccc3F)o2)c1. The van der Waals surface area contributed by atoms with E-state index >= 15 is 0 Å². The predicted molar refractivity (Wildman–Crippen MR) is 102 cm³/mol. The Morgan fingerprint density at radius 2 is 1.86 bits per heavy atom. The minimum atomic E-state index is -3.79. The van der Waals surface area contributed by atoms with Crippen molar-refractivity contribution in [3.63, 3.8) is 0 Å². The summed E-state index contributed by atoms with van der Waals surface area (Å²) in [6.45, 7) is 0.181. The van der Waals surface area contributed by atoms with E-state index in [2.05, 4.69) is 5.32 Å². The minimum absolute atomic E-state index is 0.00416. The topological polar surface area (TPSA) is 102 Å². The summed E-state index contributed by atoms with van der Waals surface area (Å²) in [4.78, 5) is 12.0. The zero-order valence-corrected chi connectivity index (χ0v) is 15.7. The molecule has 0 aliphatic rings. The van der Waals surface area contributed by atoms with Gasteiger partial charge in [0.1, 0.15) is 17.3 Å². The number of rotatable bonds is 7. The number of hydrogen-bond donors (Lipinski definition) is 2. The minimum Gasteiger partial charge on any atom is -0.461 e. The molecule has 0 aliphatic carbocycles. The summed E-state index contributed by atoms with van der Waals surface area (Å²) in [5, 5.41) is 7.82. The van der Waals surface area contributed by atoms with Crippen LogP contribution in [0.1, 0.15) is 17.7 Å². The van der Waals surface area contributed by atoms with Crippen molar-refractivity contribution in [1.82, 2.24) is 5.32 Å². The van der Waals surface area contributed by atoms with Crippen LogP contribution in [0.25, 0.3) is 11.3 Å². The summed E-state index contributed by atoms with van der Waals surface area (Å²) in [7, 11) is -3.79. The van der Waals surface area contributed by atoms with Gasteiger partial charge in [0.15, 0.2) is 0 Å². The zero-order valence-electron chi connectivity index (χ0n) is 14.9. The Kier molecular flexibility index (Phi) is 5.91. The summed E-state index contributed by atoms with van der Waals surface area (Å²) in [5.74, 6) is 0.394. The molecule has 0 fully saturated rings. The Balaban J connectivity index is 1.54. The molecule has 1 heterocycles. The van der Waals surface area contributed by atoms with Crippen molar-refractivity contribution in [2.24, 2.45) is 5.14 Å². The van der Waals surface area contributed by atoms with E-state index in [4.69, 9.17) is 9.56 Å².